The molecule has 0 atom stereocenters. The van der Waals surface area contributed by atoms with E-state index < -0.39 is 5.97 Å². The Kier molecular flexibility index (Phi) is 6.34. The first-order chi connectivity index (χ1) is 13.6. The molecule has 0 aliphatic rings. The molecule has 28 heavy (non-hydrogen) atoms. The quantitative estimate of drug-likeness (QED) is 0.338. The molecule has 0 N–H and O–H groups in total. The average molecular weight is 399 g/mol. The number of rotatable bonds is 7. The number of halogens is 1. The molecule has 0 aliphatic heterocycles. The monoisotopic (exact) mass is 398 g/mol. The third kappa shape index (κ3) is 4.53. The van der Waals surface area contributed by atoms with Crippen molar-refractivity contribution < 1.29 is 19.0 Å². The van der Waals surface area contributed by atoms with E-state index in [0.29, 0.717) is 21.9 Å². The maximum atomic E-state index is 12.1. The maximum Gasteiger partial charge on any atom is 0.341 e. The Bertz CT molecular complexity index is 980. The summed E-state index contributed by atoms with van der Waals surface area (Å²) in [6.07, 6.45) is 4.77. The van der Waals surface area contributed by atoms with Crippen LogP contribution in [-0.4, -0.2) is 30.0 Å². The van der Waals surface area contributed by atoms with Crippen LogP contribution in [0.5, 0.6) is 5.75 Å². The van der Waals surface area contributed by atoms with Gasteiger partial charge in [0, 0.05) is 5.02 Å². The van der Waals surface area contributed by atoms with Crippen LogP contribution in [0.1, 0.15) is 11.1 Å². The van der Waals surface area contributed by atoms with E-state index in [9.17, 15) is 4.79 Å². The molecule has 0 fully saturated rings. The van der Waals surface area contributed by atoms with E-state index in [1.807, 2.05) is 36.4 Å². The fourth-order valence-corrected chi connectivity index (χ4v) is 2.76. The largest absolute Gasteiger partial charge is 0.503 e. The van der Waals surface area contributed by atoms with Gasteiger partial charge in [0.1, 0.15) is 12.2 Å². The van der Waals surface area contributed by atoms with Crippen molar-refractivity contribution >= 4 is 23.1 Å². The second-order valence-electron chi connectivity index (χ2n) is 5.80. The summed E-state index contributed by atoms with van der Waals surface area (Å²) >= 11 is 5.92. The van der Waals surface area contributed by atoms with Crippen LogP contribution in [0.4, 0.5) is 0 Å². The number of aromatic nitrogens is 2. The van der Waals surface area contributed by atoms with Crippen LogP contribution >= 0.6 is 11.6 Å². The van der Waals surface area contributed by atoms with Gasteiger partial charge in [0.05, 0.1) is 38.6 Å². The van der Waals surface area contributed by atoms with Gasteiger partial charge in [-0.1, -0.05) is 35.9 Å². The van der Waals surface area contributed by atoms with Crippen LogP contribution in [0.25, 0.3) is 11.3 Å². The Morgan fingerprint density at radius 2 is 1.89 bits per heavy atom. The van der Waals surface area contributed by atoms with Crippen molar-refractivity contribution in [1.82, 2.24) is 9.78 Å². The first-order valence-corrected chi connectivity index (χ1v) is 8.83. The lowest BCUT2D eigenvalue weighted by atomic mass is 10.0. The normalized spacial score (nSPS) is 11.2. The number of nitrogens with zero attached hydrogens (tertiary/aromatic N) is 2. The second kappa shape index (κ2) is 9.10. The molecule has 2 aromatic carbocycles. The summed E-state index contributed by atoms with van der Waals surface area (Å²) in [4.78, 5) is 12.1. The van der Waals surface area contributed by atoms with E-state index in [-0.39, 0.29) is 6.61 Å². The highest BCUT2D eigenvalue weighted by Gasteiger charge is 2.17. The average Bonchev–Trinajstić information content (AvgIpc) is 3.20. The Morgan fingerprint density at radius 1 is 1.14 bits per heavy atom. The zero-order valence-electron chi connectivity index (χ0n) is 15.5. The van der Waals surface area contributed by atoms with E-state index in [2.05, 4.69) is 5.10 Å². The standard InChI is InChI=1S/C21H19ClN2O4/c1-26-14-20(21(25)27-2)19-6-4-3-5-15(19)13-28-18-11-23-24(12-18)17-9-7-16(22)8-10-17/h3-12,14H,13H2,1-2H3/b20-14+. The number of methoxy groups -OCH3 is 2. The van der Waals surface area contributed by atoms with E-state index >= 15 is 0 Å². The van der Waals surface area contributed by atoms with E-state index in [0.717, 1.165) is 11.3 Å². The van der Waals surface area contributed by atoms with Crippen LogP contribution < -0.4 is 4.74 Å². The maximum absolute atomic E-state index is 12.1. The minimum Gasteiger partial charge on any atom is -0.503 e. The SMILES string of the molecule is CO/C=C(/C(=O)OC)c1ccccc1COc1cnn(-c2ccc(Cl)cc2)c1. The van der Waals surface area contributed by atoms with Crippen LogP contribution in [0.3, 0.4) is 0 Å². The number of ether oxygens (including phenoxy) is 3. The summed E-state index contributed by atoms with van der Waals surface area (Å²) in [5.41, 5.74) is 2.69. The number of esters is 1. The van der Waals surface area contributed by atoms with Gasteiger partial charge in [-0.15, -0.1) is 0 Å². The van der Waals surface area contributed by atoms with Gasteiger partial charge >= 0.3 is 5.97 Å². The van der Waals surface area contributed by atoms with E-state index in [4.69, 9.17) is 25.8 Å². The summed E-state index contributed by atoms with van der Waals surface area (Å²) in [5, 5.41) is 4.96. The summed E-state index contributed by atoms with van der Waals surface area (Å²) in [5.74, 6) is 0.116. The fraction of sp³-hybridized carbons (Fsp3) is 0.143. The highest BCUT2D eigenvalue weighted by molar-refractivity contribution is 6.30. The number of carbonyl (C=O) groups is 1. The molecular formula is C21H19ClN2O4. The lowest BCUT2D eigenvalue weighted by Gasteiger charge is -2.12. The lowest BCUT2D eigenvalue weighted by molar-refractivity contribution is -0.133. The summed E-state index contributed by atoms with van der Waals surface area (Å²) in [7, 11) is 2.81. The Hall–Kier alpha value is -3.25. The molecule has 0 saturated heterocycles. The van der Waals surface area contributed by atoms with Crippen molar-refractivity contribution in [3.05, 3.63) is 83.3 Å². The summed E-state index contributed by atoms with van der Waals surface area (Å²) in [6.45, 7) is 0.251. The third-order valence-corrected chi connectivity index (χ3v) is 4.24. The summed E-state index contributed by atoms with van der Waals surface area (Å²) < 4.78 is 17.4. The molecule has 1 heterocycles. The van der Waals surface area contributed by atoms with Crippen LogP contribution in [0.15, 0.2) is 67.2 Å². The Morgan fingerprint density at radius 3 is 2.61 bits per heavy atom. The van der Waals surface area contributed by atoms with Crippen molar-refractivity contribution in [3.8, 4) is 11.4 Å². The predicted molar refractivity (Wildman–Crippen MR) is 106 cm³/mol. The third-order valence-electron chi connectivity index (χ3n) is 3.99. The molecule has 0 saturated carbocycles. The van der Waals surface area contributed by atoms with E-state index in [1.165, 1.54) is 20.5 Å². The molecule has 0 radical (unpaired) electrons. The highest BCUT2D eigenvalue weighted by Crippen LogP contribution is 2.23. The van der Waals surface area contributed by atoms with Gasteiger partial charge in [-0.25, -0.2) is 9.48 Å². The topological polar surface area (TPSA) is 62.6 Å². The molecule has 0 spiro atoms. The molecular weight excluding hydrogens is 380 g/mol. The smallest absolute Gasteiger partial charge is 0.341 e. The van der Waals surface area contributed by atoms with Gasteiger partial charge in [0.15, 0.2) is 5.75 Å². The van der Waals surface area contributed by atoms with Gasteiger partial charge in [-0.3, -0.25) is 0 Å². The molecule has 144 valence electrons. The number of benzene rings is 2. The highest BCUT2D eigenvalue weighted by atomic mass is 35.5. The van der Waals surface area contributed by atoms with Crippen LogP contribution in [0.2, 0.25) is 5.02 Å². The first kappa shape index (κ1) is 19.5. The van der Waals surface area contributed by atoms with E-state index in [1.54, 1.807) is 29.2 Å². The Balaban J connectivity index is 1.78. The fourth-order valence-electron chi connectivity index (χ4n) is 2.64. The van der Waals surface area contributed by atoms with Crippen molar-refractivity contribution in [2.24, 2.45) is 0 Å². The van der Waals surface area contributed by atoms with Gasteiger partial charge in [-0.2, -0.15) is 5.10 Å². The number of hydrogen-bond acceptors (Lipinski definition) is 5. The molecule has 0 unspecified atom stereocenters. The van der Waals surface area contributed by atoms with Crippen LogP contribution in [0, 0.1) is 0 Å². The molecule has 0 aliphatic carbocycles. The first-order valence-electron chi connectivity index (χ1n) is 8.45. The van der Waals surface area contributed by atoms with Crippen LogP contribution in [-0.2, 0) is 20.9 Å². The predicted octanol–water partition coefficient (Wildman–Crippen LogP) is 4.27. The zero-order chi connectivity index (χ0) is 19.9. The Labute approximate surface area is 167 Å². The molecule has 6 nitrogen and oxygen atoms in total. The number of hydrogen-bond donors (Lipinski definition) is 0. The molecule has 0 amide bonds. The molecule has 1 aromatic heterocycles. The lowest BCUT2D eigenvalue weighted by Crippen LogP contribution is -2.08. The van der Waals surface area contributed by atoms with Gasteiger partial charge in [0.25, 0.3) is 0 Å². The molecule has 3 rings (SSSR count). The zero-order valence-corrected chi connectivity index (χ0v) is 16.2. The van der Waals surface area contributed by atoms with Crippen molar-refractivity contribution in [2.45, 2.75) is 6.61 Å². The van der Waals surface area contributed by atoms with Crippen molar-refractivity contribution in [2.75, 3.05) is 14.2 Å². The molecule has 0 bridgehead atoms. The molecule has 3 aromatic rings. The minimum absolute atomic E-state index is 0.251. The van der Waals surface area contributed by atoms with Gasteiger partial charge in [-0.05, 0) is 35.4 Å². The van der Waals surface area contributed by atoms with Crippen molar-refractivity contribution in [1.29, 1.82) is 0 Å². The summed E-state index contributed by atoms with van der Waals surface area (Å²) in [6, 6.07) is 14.7. The second-order valence-corrected chi connectivity index (χ2v) is 6.24. The van der Waals surface area contributed by atoms with Gasteiger partial charge in [0.2, 0.25) is 0 Å². The van der Waals surface area contributed by atoms with Crippen molar-refractivity contribution in [3.63, 3.8) is 0 Å². The minimum atomic E-state index is -0.482. The number of carbonyl (C=O) groups excluding carboxylic acids is 1. The molecule has 7 heteroatoms. The van der Waals surface area contributed by atoms with Gasteiger partial charge < -0.3 is 14.2 Å².